The fourth-order valence-corrected chi connectivity index (χ4v) is 3.54. The predicted molar refractivity (Wildman–Crippen MR) is 66.0 cm³/mol. The Hall–Kier alpha value is -0.910. The minimum Gasteiger partial charge on any atom is -0.396 e. The molecule has 0 unspecified atom stereocenters. The summed E-state index contributed by atoms with van der Waals surface area (Å²) in [4.78, 5) is 0. The van der Waals surface area contributed by atoms with Gasteiger partial charge < -0.3 is 5.11 Å². The smallest absolute Gasteiger partial charge is 0.214 e. The third kappa shape index (κ3) is 2.86. The zero-order valence-corrected chi connectivity index (χ0v) is 10.5. The lowest BCUT2D eigenvalue weighted by Crippen LogP contribution is -2.37. The molecule has 0 spiro atoms. The van der Waals surface area contributed by atoms with Gasteiger partial charge in [-0.05, 0) is 24.0 Å². The van der Waals surface area contributed by atoms with Gasteiger partial charge in [0, 0.05) is 19.7 Å². The van der Waals surface area contributed by atoms with Gasteiger partial charge in [0.1, 0.15) is 0 Å². The average Bonchev–Trinajstić information content (AvgIpc) is 2.36. The molecule has 1 aliphatic rings. The number of aliphatic hydroxyl groups is 1. The van der Waals surface area contributed by atoms with Crippen molar-refractivity contribution < 1.29 is 13.5 Å². The van der Waals surface area contributed by atoms with Crippen LogP contribution in [0.3, 0.4) is 0 Å². The molecule has 1 aromatic rings. The maximum absolute atomic E-state index is 12.0. The zero-order valence-electron chi connectivity index (χ0n) is 9.67. The van der Waals surface area contributed by atoms with Gasteiger partial charge in [-0.2, -0.15) is 4.31 Å². The van der Waals surface area contributed by atoms with Gasteiger partial charge in [-0.25, -0.2) is 8.42 Å². The van der Waals surface area contributed by atoms with Crippen LogP contribution in [0.15, 0.2) is 24.3 Å². The summed E-state index contributed by atoms with van der Waals surface area (Å²) in [7, 11) is -3.21. The first-order valence-electron chi connectivity index (χ1n) is 5.79. The third-order valence-corrected chi connectivity index (χ3v) is 4.95. The molecule has 0 atom stereocenters. The van der Waals surface area contributed by atoms with Crippen molar-refractivity contribution in [3.8, 4) is 0 Å². The van der Waals surface area contributed by atoms with Crippen LogP contribution >= 0.6 is 0 Å². The molecule has 1 N–H and O–H groups in total. The number of fused-ring (bicyclic) bond motifs is 1. The fraction of sp³-hybridized carbons (Fsp3) is 0.500. The molecular formula is C12H17NO3S. The molecule has 4 nitrogen and oxygen atoms in total. The van der Waals surface area contributed by atoms with Crippen LogP contribution in [0.4, 0.5) is 0 Å². The van der Waals surface area contributed by atoms with Crippen LogP contribution < -0.4 is 0 Å². The first-order chi connectivity index (χ1) is 8.13. The highest BCUT2D eigenvalue weighted by molar-refractivity contribution is 7.89. The van der Waals surface area contributed by atoms with Crippen molar-refractivity contribution in [3.63, 3.8) is 0 Å². The summed E-state index contributed by atoms with van der Waals surface area (Å²) in [5.74, 6) is 0.0334. The molecule has 0 amide bonds. The maximum Gasteiger partial charge on any atom is 0.214 e. The Labute approximate surface area is 102 Å². The molecule has 1 aromatic carbocycles. The van der Waals surface area contributed by atoms with E-state index in [4.69, 9.17) is 5.11 Å². The summed E-state index contributed by atoms with van der Waals surface area (Å²) in [5.41, 5.74) is 2.33. The van der Waals surface area contributed by atoms with E-state index in [9.17, 15) is 8.42 Å². The molecule has 0 fully saturated rings. The summed E-state index contributed by atoms with van der Waals surface area (Å²) in [6, 6.07) is 7.94. The topological polar surface area (TPSA) is 57.6 Å². The molecule has 1 heterocycles. The summed E-state index contributed by atoms with van der Waals surface area (Å²) >= 11 is 0. The van der Waals surface area contributed by atoms with Gasteiger partial charge in [-0.1, -0.05) is 24.3 Å². The van der Waals surface area contributed by atoms with Crippen molar-refractivity contribution in [2.24, 2.45) is 0 Å². The lowest BCUT2D eigenvalue weighted by molar-refractivity contribution is 0.293. The number of rotatable bonds is 4. The fourth-order valence-electron chi connectivity index (χ4n) is 2.08. The minimum atomic E-state index is -3.21. The molecule has 0 bridgehead atoms. The molecule has 1 aliphatic heterocycles. The Morgan fingerprint density at radius 1 is 1.24 bits per heavy atom. The summed E-state index contributed by atoms with van der Waals surface area (Å²) in [6.07, 6.45) is 1.08. The van der Waals surface area contributed by atoms with E-state index in [0.717, 1.165) is 12.0 Å². The molecule has 0 aromatic heterocycles. The number of benzene rings is 1. The first kappa shape index (κ1) is 12.5. The summed E-state index contributed by atoms with van der Waals surface area (Å²) < 4.78 is 25.5. The molecule has 94 valence electrons. The Kier molecular flexibility index (Phi) is 3.81. The van der Waals surface area contributed by atoms with Crippen LogP contribution in [-0.2, 0) is 23.0 Å². The van der Waals surface area contributed by atoms with Crippen molar-refractivity contribution in [3.05, 3.63) is 35.4 Å². The van der Waals surface area contributed by atoms with Crippen LogP contribution in [0.1, 0.15) is 17.5 Å². The first-order valence-corrected chi connectivity index (χ1v) is 7.40. The van der Waals surface area contributed by atoms with E-state index in [1.54, 1.807) is 0 Å². The van der Waals surface area contributed by atoms with Crippen molar-refractivity contribution >= 4 is 10.0 Å². The van der Waals surface area contributed by atoms with Crippen molar-refractivity contribution in [2.45, 2.75) is 19.4 Å². The molecule has 0 radical (unpaired) electrons. The highest BCUT2D eigenvalue weighted by Crippen LogP contribution is 2.21. The van der Waals surface area contributed by atoms with Gasteiger partial charge in [-0.3, -0.25) is 0 Å². The predicted octanol–water partition coefficient (Wildman–Crippen LogP) is 0.757. The third-order valence-electron chi connectivity index (χ3n) is 3.05. The van der Waals surface area contributed by atoms with E-state index >= 15 is 0 Å². The largest absolute Gasteiger partial charge is 0.396 e. The van der Waals surface area contributed by atoms with Crippen LogP contribution in [0.5, 0.6) is 0 Å². The second-order valence-corrected chi connectivity index (χ2v) is 6.33. The van der Waals surface area contributed by atoms with Gasteiger partial charge in [0.05, 0.1) is 5.75 Å². The Bertz CT molecular complexity index is 484. The van der Waals surface area contributed by atoms with Crippen LogP contribution in [-0.4, -0.2) is 36.7 Å². The second-order valence-electron chi connectivity index (χ2n) is 4.25. The van der Waals surface area contributed by atoms with Gasteiger partial charge in [0.25, 0.3) is 0 Å². The van der Waals surface area contributed by atoms with Crippen molar-refractivity contribution in [1.82, 2.24) is 4.31 Å². The maximum atomic E-state index is 12.0. The van der Waals surface area contributed by atoms with Crippen LogP contribution in [0, 0.1) is 0 Å². The second kappa shape index (κ2) is 5.16. The Balaban J connectivity index is 2.12. The van der Waals surface area contributed by atoms with E-state index in [-0.39, 0.29) is 12.4 Å². The van der Waals surface area contributed by atoms with E-state index in [1.165, 1.54) is 9.87 Å². The normalized spacial score (nSPS) is 16.8. The quantitative estimate of drug-likeness (QED) is 0.864. The van der Waals surface area contributed by atoms with Crippen LogP contribution in [0.2, 0.25) is 0 Å². The Morgan fingerprint density at radius 2 is 1.94 bits per heavy atom. The number of nitrogens with zero attached hydrogens (tertiary/aromatic N) is 1. The molecule has 0 aliphatic carbocycles. The highest BCUT2D eigenvalue weighted by atomic mass is 32.2. The van der Waals surface area contributed by atoms with Crippen molar-refractivity contribution in [2.75, 3.05) is 18.9 Å². The van der Waals surface area contributed by atoms with E-state index in [1.807, 2.05) is 24.3 Å². The van der Waals surface area contributed by atoms with Gasteiger partial charge in [0.15, 0.2) is 0 Å². The molecular weight excluding hydrogens is 238 g/mol. The molecule has 0 saturated heterocycles. The summed E-state index contributed by atoms with van der Waals surface area (Å²) in [6.45, 7) is 0.929. The lowest BCUT2D eigenvalue weighted by Gasteiger charge is -2.27. The molecule has 2 rings (SSSR count). The van der Waals surface area contributed by atoms with E-state index in [0.29, 0.717) is 19.5 Å². The molecule has 0 saturated carbocycles. The highest BCUT2D eigenvalue weighted by Gasteiger charge is 2.25. The monoisotopic (exact) mass is 255 g/mol. The summed E-state index contributed by atoms with van der Waals surface area (Å²) in [5, 5.41) is 8.70. The number of aliphatic hydroxyl groups excluding tert-OH is 1. The van der Waals surface area contributed by atoms with Gasteiger partial charge in [-0.15, -0.1) is 0 Å². The Morgan fingerprint density at radius 3 is 2.65 bits per heavy atom. The molecule has 17 heavy (non-hydrogen) atoms. The van der Waals surface area contributed by atoms with Crippen LogP contribution in [0.25, 0.3) is 0 Å². The standard InChI is InChI=1S/C12H17NO3S/c14-8-3-9-17(15,16)13-7-6-11-4-1-2-5-12(11)10-13/h1-2,4-5,14H,3,6-10H2. The number of sulfonamides is 1. The molecule has 5 heteroatoms. The minimum absolute atomic E-state index is 0.0334. The number of hydrogen-bond donors (Lipinski definition) is 1. The van der Waals surface area contributed by atoms with Gasteiger partial charge in [0.2, 0.25) is 10.0 Å². The SMILES string of the molecule is O=S(=O)(CCCO)N1CCc2ccccc2C1. The van der Waals surface area contributed by atoms with Gasteiger partial charge >= 0.3 is 0 Å². The van der Waals surface area contributed by atoms with E-state index in [2.05, 4.69) is 0 Å². The van der Waals surface area contributed by atoms with Crippen molar-refractivity contribution in [1.29, 1.82) is 0 Å². The number of hydrogen-bond acceptors (Lipinski definition) is 3. The lowest BCUT2D eigenvalue weighted by atomic mass is 10.0. The van der Waals surface area contributed by atoms with E-state index < -0.39 is 10.0 Å². The zero-order chi connectivity index (χ0) is 12.3. The average molecular weight is 255 g/mol.